The molecule has 0 amide bonds. The molecule has 0 aliphatic carbocycles. The molecule has 0 saturated heterocycles. The third kappa shape index (κ3) is 8.85. The van der Waals surface area contributed by atoms with Gasteiger partial charge in [-0.2, -0.15) is 0 Å². The Labute approximate surface area is 98.2 Å². The van der Waals surface area contributed by atoms with E-state index in [-0.39, 0.29) is 19.0 Å². The van der Waals surface area contributed by atoms with Crippen molar-refractivity contribution in [3.8, 4) is 0 Å². The van der Waals surface area contributed by atoms with Crippen LogP contribution in [0.3, 0.4) is 0 Å². The van der Waals surface area contributed by atoms with E-state index in [4.69, 9.17) is 19.3 Å². The van der Waals surface area contributed by atoms with Gasteiger partial charge in [-0.1, -0.05) is 12.2 Å². The molecule has 1 N–H and O–H groups in total. The van der Waals surface area contributed by atoms with E-state index in [1.165, 1.54) is 0 Å². The Hall–Kier alpha value is -0.420. The number of rotatable bonds is 10. The summed E-state index contributed by atoms with van der Waals surface area (Å²) < 4.78 is 16.3. The maximum Gasteiger partial charge on any atom is 0.180 e. The zero-order valence-electron chi connectivity index (χ0n) is 10.5. The SMILES string of the molecule is CCOC(CO[C@@H](C)CC=CCO)OCC. The standard InChI is InChI=1S/C12H24O4/c1-4-14-12(15-5-2)10-16-11(3)8-6-7-9-13/h6-7,11-13H,4-5,8-10H2,1-3H3/t11-/m0/s1. The fraction of sp³-hybridized carbons (Fsp3) is 0.833. The van der Waals surface area contributed by atoms with Crippen molar-refractivity contribution in [1.29, 1.82) is 0 Å². The van der Waals surface area contributed by atoms with Gasteiger partial charge in [-0.15, -0.1) is 0 Å². The van der Waals surface area contributed by atoms with E-state index in [2.05, 4.69) is 0 Å². The summed E-state index contributed by atoms with van der Waals surface area (Å²) >= 11 is 0. The van der Waals surface area contributed by atoms with Gasteiger partial charge in [-0.05, 0) is 27.2 Å². The highest BCUT2D eigenvalue weighted by Crippen LogP contribution is 2.03. The van der Waals surface area contributed by atoms with Crippen molar-refractivity contribution in [1.82, 2.24) is 0 Å². The first kappa shape index (κ1) is 15.6. The van der Waals surface area contributed by atoms with Crippen LogP contribution in [-0.2, 0) is 14.2 Å². The first-order valence-electron chi connectivity index (χ1n) is 5.85. The van der Waals surface area contributed by atoms with Gasteiger partial charge in [0.05, 0.1) is 19.3 Å². The van der Waals surface area contributed by atoms with Crippen molar-refractivity contribution >= 4 is 0 Å². The van der Waals surface area contributed by atoms with Crippen LogP contribution in [0.2, 0.25) is 0 Å². The second-order valence-electron chi connectivity index (χ2n) is 3.37. The van der Waals surface area contributed by atoms with Gasteiger partial charge in [-0.25, -0.2) is 0 Å². The minimum atomic E-state index is -0.278. The number of ether oxygens (including phenoxy) is 3. The molecular formula is C12H24O4. The summed E-state index contributed by atoms with van der Waals surface area (Å²) in [5.74, 6) is 0. The van der Waals surface area contributed by atoms with Crippen molar-refractivity contribution in [2.75, 3.05) is 26.4 Å². The maximum atomic E-state index is 8.57. The number of aliphatic hydroxyl groups excluding tert-OH is 1. The lowest BCUT2D eigenvalue weighted by Crippen LogP contribution is -2.25. The Bertz CT molecular complexity index is 164. The zero-order chi connectivity index (χ0) is 12.2. The van der Waals surface area contributed by atoms with Crippen LogP contribution in [-0.4, -0.2) is 43.9 Å². The third-order valence-electron chi connectivity index (χ3n) is 1.96. The van der Waals surface area contributed by atoms with Crippen LogP contribution >= 0.6 is 0 Å². The minimum Gasteiger partial charge on any atom is -0.392 e. The van der Waals surface area contributed by atoms with Gasteiger partial charge < -0.3 is 19.3 Å². The smallest absolute Gasteiger partial charge is 0.180 e. The van der Waals surface area contributed by atoms with Gasteiger partial charge in [0.15, 0.2) is 6.29 Å². The van der Waals surface area contributed by atoms with Gasteiger partial charge >= 0.3 is 0 Å². The van der Waals surface area contributed by atoms with E-state index in [0.29, 0.717) is 19.8 Å². The monoisotopic (exact) mass is 232 g/mol. The Kier molecular flexibility index (Phi) is 10.8. The van der Waals surface area contributed by atoms with Crippen LogP contribution < -0.4 is 0 Å². The molecule has 4 heteroatoms. The van der Waals surface area contributed by atoms with Crippen molar-refractivity contribution in [3.05, 3.63) is 12.2 Å². The van der Waals surface area contributed by atoms with E-state index in [9.17, 15) is 0 Å². The molecule has 0 fully saturated rings. The van der Waals surface area contributed by atoms with Crippen molar-refractivity contribution < 1.29 is 19.3 Å². The summed E-state index contributed by atoms with van der Waals surface area (Å²) in [7, 11) is 0. The highest BCUT2D eigenvalue weighted by atomic mass is 16.7. The van der Waals surface area contributed by atoms with Crippen molar-refractivity contribution in [2.24, 2.45) is 0 Å². The van der Waals surface area contributed by atoms with E-state index >= 15 is 0 Å². The fourth-order valence-electron chi connectivity index (χ4n) is 1.19. The molecule has 1 atom stereocenters. The zero-order valence-corrected chi connectivity index (χ0v) is 10.5. The summed E-state index contributed by atoms with van der Waals surface area (Å²) in [5.41, 5.74) is 0. The Morgan fingerprint density at radius 1 is 1.06 bits per heavy atom. The van der Waals surface area contributed by atoms with Gasteiger partial charge in [0.25, 0.3) is 0 Å². The third-order valence-corrected chi connectivity index (χ3v) is 1.96. The van der Waals surface area contributed by atoms with Gasteiger partial charge in [0.2, 0.25) is 0 Å². The largest absolute Gasteiger partial charge is 0.392 e. The number of hydrogen-bond donors (Lipinski definition) is 1. The quantitative estimate of drug-likeness (QED) is 0.460. The summed E-state index contributed by atoms with van der Waals surface area (Å²) in [6, 6.07) is 0. The van der Waals surface area contributed by atoms with E-state index in [1.54, 1.807) is 6.08 Å². The summed E-state index contributed by atoms with van der Waals surface area (Å²) in [5, 5.41) is 8.57. The molecule has 0 aromatic carbocycles. The van der Waals surface area contributed by atoms with E-state index in [0.717, 1.165) is 6.42 Å². The molecule has 0 saturated carbocycles. The van der Waals surface area contributed by atoms with Crippen molar-refractivity contribution in [3.63, 3.8) is 0 Å². The molecule has 0 rings (SSSR count). The van der Waals surface area contributed by atoms with Crippen LogP contribution in [0, 0.1) is 0 Å². The first-order valence-corrected chi connectivity index (χ1v) is 5.85. The topological polar surface area (TPSA) is 47.9 Å². The first-order chi connectivity index (χ1) is 7.74. The molecule has 0 aliphatic heterocycles. The molecule has 0 aliphatic rings. The lowest BCUT2D eigenvalue weighted by Gasteiger charge is -2.19. The Morgan fingerprint density at radius 3 is 2.19 bits per heavy atom. The lowest BCUT2D eigenvalue weighted by atomic mass is 10.2. The van der Waals surface area contributed by atoms with Gasteiger partial charge in [0.1, 0.15) is 0 Å². The average Bonchev–Trinajstić information content (AvgIpc) is 2.27. The Morgan fingerprint density at radius 2 is 1.69 bits per heavy atom. The lowest BCUT2D eigenvalue weighted by molar-refractivity contribution is -0.174. The molecule has 0 unspecified atom stereocenters. The fourth-order valence-corrected chi connectivity index (χ4v) is 1.19. The molecule has 0 aromatic heterocycles. The predicted octanol–water partition coefficient (Wildman–Crippen LogP) is 1.73. The number of aliphatic hydroxyl groups is 1. The maximum absolute atomic E-state index is 8.57. The molecule has 4 nitrogen and oxygen atoms in total. The van der Waals surface area contributed by atoms with Crippen LogP contribution in [0.1, 0.15) is 27.2 Å². The summed E-state index contributed by atoms with van der Waals surface area (Å²) in [6.45, 7) is 7.60. The molecule has 0 radical (unpaired) electrons. The van der Waals surface area contributed by atoms with Gasteiger partial charge in [-0.3, -0.25) is 0 Å². The van der Waals surface area contributed by atoms with Crippen LogP contribution in [0.5, 0.6) is 0 Å². The summed E-state index contributed by atoms with van der Waals surface area (Å²) in [6.07, 6.45) is 4.22. The Balaban J connectivity index is 3.68. The molecule has 96 valence electrons. The van der Waals surface area contributed by atoms with Crippen LogP contribution in [0.25, 0.3) is 0 Å². The predicted molar refractivity (Wildman–Crippen MR) is 63.3 cm³/mol. The highest BCUT2D eigenvalue weighted by Gasteiger charge is 2.09. The second-order valence-corrected chi connectivity index (χ2v) is 3.37. The molecular weight excluding hydrogens is 208 g/mol. The molecule has 0 aromatic rings. The molecule has 0 bridgehead atoms. The van der Waals surface area contributed by atoms with Crippen LogP contribution in [0.4, 0.5) is 0 Å². The molecule has 0 spiro atoms. The summed E-state index contributed by atoms with van der Waals surface area (Å²) in [4.78, 5) is 0. The highest BCUT2D eigenvalue weighted by molar-refractivity contribution is 4.82. The van der Waals surface area contributed by atoms with E-state index < -0.39 is 0 Å². The van der Waals surface area contributed by atoms with Crippen LogP contribution in [0.15, 0.2) is 12.2 Å². The van der Waals surface area contributed by atoms with Gasteiger partial charge in [0, 0.05) is 13.2 Å². The van der Waals surface area contributed by atoms with Crippen molar-refractivity contribution in [2.45, 2.75) is 39.6 Å². The normalized spacial score (nSPS) is 13.8. The average molecular weight is 232 g/mol. The number of hydrogen-bond acceptors (Lipinski definition) is 4. The molecule has 16 heavy (non-hydrogen) atoms. The second kappa shape index (κ2) is 11.1. The molecule has 0 heterocycles. The minimum absolute atomic E-state index is 0.0766. The van der Waals surface area contributed by atoms with E-state index in [1.807, 2.05) is 26.8 Å².